The van der Waals surface area contributed by atoms with Gasteiger partial charge in [-0.3, -0.25) is 0 Å². The Morgan fingerprint density at radius 2 is 2.50 bits per heavy atom. The third-order valence-electron chi connectivity index (χ3n) is 1.32. The third-order valence-corrected chi connectivity index (χ3v) is 3.27. The molecule has 0 saturated heterocycles. The molecule has 1 aromatic rings. The molecule has 0 nitrogen and oxygen atoms in total. The molecule has 0 N–H and O–H groups in total. The van der Waals surface area contributed by atoms with Crippen molar-refractivity contribution in [2.45, 2.75) is 6.42 Å². The molecule has 2 heteroatoms. The van der Waals surface area contributed by atoms with E-state index in [4.69, 9.17) is 0 Å². The van der Waals surface area contributed by atoms with Gasteiger partial charge in [0.05, 0.1) is 5.75 Å². The van der Waals surface area contributed by atoms with Crippen LogP contribution >= 0.6 is 23.1 Å². The summed E-state index contributed by atoms with van der Waals surface area (Å²) >= 11 is 3.51. The Hall–Kier alpha value is -0.210. The molecule has 0 spiro atoms. The van der Waals surface area contributed by atoms with Crippen LogP contribution in [0.3, 0.4) is 0 Å². The van der Waals surface area contributed by atoms with E-state index in [0.29, 0.717) is 0 Å². The minimum atomic E-state index is 0.998. The first-order valence-electron chi connectivity index (χ1n) is 3.10. The molecule has 2 heterocycles. The molecule has 0 aliphatic carbocycles. The van der Waals surface area contributed by atoms with Crippen LogP contribution < -0.4 is 0 Å². The molecule has 1 aliphatic rings. The van der Waals surface area contributed by atoms with Crippen molar-refractivity contribution in [2.75, 3.05) is 0 Å². The first kappa shape index (κ1) is 6.50. The highest BCUT2D eigenvalue weighted by atomic mass is 32.2. The van der Waals surface area contributed by atoms with Gasteiger partial charge in [0.2, 0.25) is 0 Å². The molecular formula is C8H6S2. The van der Waals surface area contributed by atoms with E-state index in [-0.39, 0.29) is 0 Å². The maximum atomic E-state index is 3.19. The number of allylic oxidation sites excluding steroid dienone is 1. The summed E-state index contributed by atoms with van der Waals surface area (Å²) < 4.78 is 0. The van der Waals surface area contributed by atoms with Gasteiger partial charge in [-0.2, -0.15) is 0 Å². The van der Waals surface area contributed by atoms with E-state index >= 15 is 0 Å². The Balaban J connectivity index is 2.28. The summed E-state index contributed by atoms with van der Waals surface area (Å²) in [6, 6.07) is 4.23. The number of hydrogen-bond acceptors (Lipinski definition) is 2. The molecular weight excluding hydrogens is 160 g/mol. The highest BCUT2D eigenvalue weighted by Gasteiger charge is 2.08. The van der Waals surface area contributed by atoms with Crippen molar-refractivity contribution in [3.63, 3.8) is 0 Å². The van der Waals surface area contributed by atoms with E-state index in [1.807, 2.05) is 0 Å². The molecule has 2 rings (SSSR count). The van der Waals surface area contributed by atoms with Crippen LogP contribution in [-0.2, 0) is 0 Å². The highest BCUT2D eigenvalue weighted by molar-refractivity contribution is 8.10. The average molecular weight is 166 g/mol. The van der Waals surface area contributed by atoms with Gasteiger partial charge >= 0.3 is 0 Å². The molecule has 2 radical (unpaired) electrons. The Morgan fingerprint density at radius 3 is 3.10 bits per heavy atom. The summed E-state index contributed by atoms with van der Waals surface area (Å²) in [5.74, 6) is 3.19. The monoisotopic (exact) mass is 166 g/mol. The van der Waals surface area contributed by atoms with Gasteiger partial charge in [-0.05, 0) is 17.9 Å². The molecule has 0 fully saturated rings. The summed E-state index contributed by atoms with van der Waals surface area (Å²) in [7, 11) is 0. The van der Waals surface area contributed by atoms with E-state index < -0.39 is 0 Å². The predicted molar refractivity (Wildman–Crippen MR) is 47.7 cm³/mol. The van der Waals surface area contributed by atoms with Crippen LogP contribution in [0.4, 0.5) is 0 Å². The molecule has 0 atom stereocenters. The second kappa shape index (κ2) is 2.81. The summed E-state index contributed by atoms with van der Waals surface area (Å²) in [6.45, 7) is 0. The molecule has 10 heavy (non-hydrogen) atoms. The highest BCUT2D eigenvalue weighted by Crippen LogP contribution is 2.38. The molecule has 0 saturated carbocycles. The second-order valence-electron chi connectivity index (χ2n) is 2.00. The normalized spacial score (nSPS) is 17.4. The quantitative estimate of drug-likeness (QED) is 0.617. The van der Waals surface area contributed by atoms with Gasteiger partial charge in [-0.1, -0.05) is 12.1 Å². The fourth-order valence-corrected chi connectivity index (χ4v) is 2.45. The number of hydrogen-bond donors (Lipinski definition) is 0. The first-order valence-corrected chi connectivity index (χ1v) is 4.80. The van der Waals surface area contributed by atoms with Crippen LogP contribution in [0.15, 0.2) is 23.6 Å². The van der Waals surface area contributed by atoms with Crippen molar-refractivity contribution < 1.29 is 0 Å². The lowest BCUT2D eigenvalue weighted by atomic mass is 10.4. The lowest BCUT2D eigenvalue weighted by molar-refractivity contribution is 1.40. The summed E-state index contributed by atoms with van der Waals surface area (Å²) in [6.07, 6.45) is 3.22. The van der Waals surface area contributed by atoms with Crippen molar-refractivity contribution in [1.82, 2.24) is 0 Å². The lowest BCUT2D eigenvalue weighted by Gasteiger charge is -1.92. The van der Waals surface area contributed by atoms with Crippen molar-refractivity contribution in [3.8, 4) is 0 Å². The van der Waals surface area contributed by atoms with E-state index in [2.05, 4.69) is 29.3 Å². The SMILES string of the molecule is [C]1CC=C(c2cccs2)S1. The van der Waals surface area contributed by atoms with Gasteiger partial charge in [0, 0.05) is 9.78 Å². The van der Waals surface area contributed by atoms with E-state index in [1.54, 1.807) is 23.1 Å². The van der Waals surface area contributed by atoms with Gasteiger partial charge in [-0.15, -0.1) is 23.1 Å². The summed E-state index contributed by atoms with van der Waals surface area (Å²) in [5, 5.41) is 2.11. The minimum Gasteiger partial charge on any atom is -0.143 e. The molecule has 0 unspecified atom stereocenters. The second-order valence-corrected chi connectivity index (χ2v) is 3.88. The van der Waals surface area contributed by atoms with Crippen LogP contribution in [0, 0.1) is 5.75 Å². The van der Waals surface area contributed by atoms with Crippen LogP contribution in [0.2, 0.25) is 0 Å². The van der Waals surface area contributed by atoms with E-state index in [1.165, 1.54) is 9.78 Å². The van der Waals surface area contributed by atoms with Crippen molar-refractivity contribution in [1.29, 1.82) is 0 Å². The molecule has 1 aliphatic heterocycles. The molecule has 0 amide bonds. The molecule has 50 valence electrons. The van der Waals surface area contributed by atoms with Gasteiger partial charge in [0.15, 0.2) is 0 Å². The molecule has 1 aromatic heterocycles. The van der Waals surface area contributed by atoms with Crippen molar-refractivity contribution in [3.05, 3.63) is 34.2 Å². The molecule has 0 aromatic carbocycles. The van der Waals surface area contributed by atoms with Crippen LogP contribution in [0.1, 0.15) is 11.3 Å². The summed E-state index contributed by atoms with van der Waals surface area (Å²) in [5.41, 5.74) is 0. The van der Waals surface area contributed by atoms with E-state index in [0.717, 1.165) is 6.42 Å². The number of thioether (sulfide) groups is 1. The largest absolute Gasteiger partial charge is 0.143 e. The minimum absolute atomic E-state index is 0.998. The Bertz CT molecular complexity index is 234. The Labute approximate surface area is 69.0 Å². The zero-order chi connectivity index (χ0) is 6.81. The number of thiophene rings is 1. The van der Waals surface area contributed by atoms with Crippen molar-refractivity contribution in [2.24, 2.45) is 0 Å². The number of rotatable bonds is 1. The van der Waals surface area contributed by atoms with E-state index in [9.17, 15) is 0 Å². The lowest BCUT2D eigenvalue weighted by Crippen LogP contribution is -1.63. The first-order chi connectivity index (χ1) is 4.97. The maximum Gasteiger partial charge on any atom is 0.0576 e. The molecule has 0 bridgehead atoms. The zero-order valence-corrected chi connectivity index (χ0v) is 6.97. The van der Waals surface area contributed by atoms with Crippen molar-refractivity contribution >= 4 is 28.0 Å². The smallest absolute Gasteiger partial charge is 0.0576 e. The Morgan fingerprint density at radius 1 is 1.50 bits per heavy atom. The average Bonchev–Trinajstić information content (AvgIpc) is 2.59. The topological polar surface area (TPSA) is 0 Å². The Kier molecular flexibility index (Phi) is 1.82. The zero-order valence-electron chi connectivity index (χ0n) is 5.33. The van der Waals surface area contributed by atoms with Crippen LogP contribution in [-0.4, -0.2) is 0 Å². The third kappa shape index (κ3) is 1.13. The predicted octanol–water partition coefficient (Wildman–Crippen LogP) is 3.26. The standard InChI is InChI=1S/C8H6S2/c1-3-7(9-5-1)8-4-2-6-10-8/h1,3-5H,2H2. The maximum absolute atomic E-state index is 3.19. The van der Waals surface area contributed by atoms with Crippen LogP contribution in [0.25, 0.3) is 4.91 Å². The van der Waals surface area contributed by atoms with Gasteiger partial charge in [-0.25, -0.2) is 0 Å². The van der Waals surface area contributed by atoms with Gasteiger partial charge < -0.3 is 0 Å². The fourth-order valence-electron chi connectivity index (χ4n) is 0.865. The van der Waals surface area contributed by atoms with Gasteiger partial charge in [0.25, 0.3) is 0 Å². The van der Waals surface area contributed by atoms with Gasteiger partial charge in [0.1, 0.15) is 0 Å². The summed E-state index contributed by atoms with van der Waals surface area (Å²) in [4.78, 5) is 2.74. The van der Waals surface area contributed by atoms with Crippen LogP contribution in [0.5, 0.6) is 0 Å². The fraction of sp³-hybridized carbons (Fsp3) is 0.125.